The average molecular weight is 324 g/mol. The summed E-state index contributed by atoms with van der Waals surface area (Å²) in [6, 6.07) is 13.8. The summed E-state index contributed by atoms with van der Waals surface area (Å²) in [4.78, 5) is 14.4. The van der Waals surface area contributed by atoms with Crippen LogP contribution in [0.15, 0.2) is 42.5 Å². The van der Waals surface area contributed by atoms with E-state index in [1.807, 2.05) is 24.3 Å². The molecule has 2 aromatic rings. The van der Waals surface area contributed by atoms with E-state index in [2.05, 4.69) is 32.5 Å². The molecule has 1 aromatic heterocycles. The molecule has 0 atom stereocenters. The Hall–Kier alpha value is -2.43. The number of anilines is 1. The molecule has 0 aliphatic carbocycles. The number of nitrogens with one attached hydrogen (secondary N) is 1. The normalized spacial score (nSPS) is 14.9. The molecule has 1 aliphatic rings. The van der Waals surface area contributed by atoms with Crippen LogP contribution < -0.4 is 10.2 Å². The fourth-order valence-corrected chi connectivity index (χ4v) is 2.97. The van der Waals surface area contributed by atoms with E-state index in [0.29, 0.717) is 12.2 Å². The van der Waals surface area contributed by atoms with Crippen molar-refractivity contribution in [1.82, 2.24) is 15.5 Å². The molecular formula is C19H24N4O. The predicted molar refractivity (Wildman–Crippen MR) is 95.2 cm³/mol. The van der Waals surface area contributed by atoms with Crippen LogP contribution in [0.2, 0.25) is 0 Å². The molecule has 0 radical (unpaired) electrons. The molecule has 0 spiro atoms. The third-order valence-electron chi connectivity index (χ3n) is 4.36. The summed E-state index contributed by atoms with van der Waals surface area (Å²) < 4.78 is 0. The molecule has 0 saturated carbocycles. The van der Waals surface area contributed by atoms with Crippen molar-refractivity contribution in [3.63, 3.8) is 0 Å². The number of rotatable bonds is 5. The Kier molecular flexibility index (Phi) is 5.77. The van der Waals surface area contributed by atoms with Crippen LogP contribution in [0.25, 0.3) is 0 Å². The highest BCUT2D eigenvalue weighted by Gasteiger charge is 2.13. The molecular weight excluding hydrogens is 300 g/mol. The van der Waals surface area contributed by atoms with Gasteiger partial charge in [-0.2, -0.15) is 0 Å². The van der Waals surface area contributed by atoms with E-state index in [4.69, 9.17) is 0 Å². The maximum Gasteiger partial charge on any atom is 0.271 e. The topological polar surface area (TPSA) is 58.1 Å². The smallest absolute Gasteiger partial charge is 0.271 e. The van der Waals surface area contributed by atoms with Crippen molar-refractivity contribution in [3.05, 3.63) is 53.7 Å². The molecule has 1 N–H and O–H groups in total. The predicted octanol–water partition coefficient (Wildman–Crippen LogP) is 2.83. The lowest BCUT2D eigenvalue weighted by molar-refractivity contribution is 0.0948. The standard InChI is InChI=1S/C19H24N4O/c24-19(20-13-12-16-8-4-3-5-9-16)17-10-11-18(22-21-17)23-14-6-1-2-7-15-23/h3-5,8-11H,1-2,6-7,12-15H2,(H,20,24). The van der Waals surface area contributed by atoms with E-state index < -0.39 is 0 Å². The number of nitrogens with zero attached hydrogens (tertiary/aromatic N) is 3. The minimum Gasteiger partial charge on any atom is -0.355 e. The lowest BCUT2D eigenvalue weighted by Crippen LogP contribution is -2.28. The second-order valence-electron chi connectivity index (χ2n) is 6.17. The second kappa shape index (κ2) is 8.43. The zero-order chi connectivity index (χ0) is 16.6. The van der Waals surface area contributed by atoms with Crippen LogP contribution in [0.4, 0.5) is 5.82 Å². The third-order valence-corrected chi connectivity index (χ3v) is 4.36. The summed E-state index contributed by atoms with van der Waals surface area (Å²) in [6.45, 7) is 2.65. The van der Waals surface area contributed by atoms with Crippen molar-refractivity contribution < 1.29 is 4.79 Å². The third kappa shape index (κ3) is 4.54. The first-order valence-corrected chi connectivity index (χ1v) is 8.74. The number of carbonyl (C=O) groups is 1. The van der Waals surface area contributed by atoms with E-state index in [-0.39, 0.29) is 5.91 Å². The number of carbonyl (C=O) groups excluding carboxylic acids is 1. The molecule has 1 aliphatic heterocycles. The molecule has 0 bridgehead atoms. The highest BCUT2D eigenvalue weighted by atomic mass is 16.1. The van der Waals surface area contributed by atoms with Crippen LogP contribution >= 0.6 is 0 Å². The van der Waals surface area contributed by atoms with Gasteiger partial charge in [0.15, 0.2) is 11.5 Å². The number of aromatic nitrogens is 2. The fraction of sp³-hybridized carbons (Fsp3) is 0.421. The molecule has 1 fully saturated rings. The molecule has 5 nitrogen and oxygen atoms in total. The summed E-state index contributed by atoms with van der Waals surface area (Å²) in [6.07, 6.45) is 5.77. The van der Waals surface area contributed by atoms with Crippen LogP contribution in [-0.4, -0.2) is 35.7 Å². The minimum atomic E-state index is -0.166. The van der Waals surface area contributed by atoms with E-state index in [1.165, 1.54) is 31.2 Å². The van der Waals surface area contributed by atoms with Gasteiger partial charge in [-0.15, -0.1) is 10.2 Å². The first-order chi connectivity index (χ1) is 11.8. The van der Waals surface area contributed by atoms with Crippen LogP contribution in [0.3, 0.4) is 0 Å². The molecule has 3 rings (SSSR count). The highest BCUT2D eigenvalue weighted by molar-refractivity contribution is 5.92. The summed E-state index contributed by atoms with van der Waals surface area (Å²) in [5.74, 6) is 0.707. The second-order valence-corrected chi connectivity index (χ2v) is 6.17. The maximum absolute atomic E-state index is 12.2. The lowest BCUT2D eigenvalue weighted by Gasteiger charge is -2.20. The molecule has 1 amide bonds. The largest absolute Gasteiger partial charge is 0.355 e. The van der Waals surface area contributed by atoms with Crippen molar-refractivity contribution in [2.45, 2.75) is 32.1 Å². The average Bonchev–Trinajstić information content (AvgIpc) is 2.92. The highest BCUT2D eigenvalue weighted by Crippen LogP contribution is 2.16. The van der Waals surface area contributed by atoms with Gasteiger partial charge in [-0.3, -0.25) is 4.79 Å². The van der Waals surface area contributed by atoms with E-state index in [0.717, 1.165) is 25.3 Å². The Morgan fingerprint density at radius 1 is 0.958 bits per heavy atom. The minimum absolute atomic E-state index is 0.166. The van der Waals surface area contributed by atoms with Gasteiger partial charge < -0.3 is 10.2 Å². The van der Waals surface area contributed by atoms with Gasteiger partial charge >= 0.3 is 0 Å². The van der Waals surface area contributed by atoms with Gasteiger partial charge in [-0.1, -0.05) is 43.2 Å². The molecule has 2 heterocycles. The van der Waals surface area contributed by atoms with Gasteiger partial charge in [0, 0.05) is 19.6 Å². The molecule has 0 unspecified atom stereocenters. The monoisotopic (exact) mass is 324 g/mol. The Labute approximate surface area is 143 Å². The fourth-order valence-electron chi connectivity index (χ4n) is 2.97. The zero-order valence-electron chi connectivity index (χ0n) is 13.9. The van der Waals surface area contributed by atoms with E-state index >= 15 is 0 Å². The summed E-state index contributed by atoms with van der Waals surface area (Å²) in [5, 5.41) is 11.3. The summed E-state index contributed by atoms with van der Waals surface area (Å²) in [5.41, 5.74) is 1.59. The molecule has 24 heavy (non-hydrogen) atoms. The van der Waals surface area contributed by atoms with Gasteiger partial charge in [0.05, 0.1) is 0 Å². The molecule has 1 saturated heterocycles. The van der Waals surface area contributed by atoms with Gasteiger partial charge in [-0.05, 0) is 37.0 Å². The maximum atomic E-state index is 12.2. The number of hydrogen-bond donors (Lipinski definition) is 1. The van der Waals surface area contributed by atoms with E-state index in [9.17, 15) is 4.79 Å². The number of amides is 1. The van der Waals surface area contributed by atoms with Gasteiger partial charge in [0.25, 0.3) is 5.91 Å². The van der Waals surface area contributed by atoms with Crippen molar-refractivity contribution in [2.24, 2.45) is 0 Å². The lowest BCUT2D eigenvalue weighted by atomic mass is 10.1. The molecule has 5 heteroatoms. The van der Waals surface area contributed by atoms with Gasteiger partial charge in [0.1, 0.15) is 0 Å². The number of hydrogen-bond acceptors (Lipinski definition) is 4. The Bertz CT molecular complexity index is 634. The van der Waals surface area contributed by atoms with Crippen molar-refractivity contribution in [1.29, 1.82) is 0 Å². The number of benzene rings is 1. The van der Waals surface area contributed by atoms with Gasteiger partial charge in [-0.25, -0.2) is 0 Å². The summed E-state index contributed by atoms with van der Waals surface area (Å²) in [7, 11) is 0. The van der Waals surface area contributed by atoms with Crippen LogP contribution in [-0.2, 0) is 6.42 Å². The molecule has 1 aromatic carbocycles. The van der Waals surface area contributed by atoms with Crippen LogP contribution in [0, 0.1) is 0 Å². The SMILES string of the molecule is O=C(NCCc1ccccc1)c1ccc(N2CCCCCC2)nn1. The summed E-state index contributed by atoms with van der Waals surface area (Å²) >= 11 is 0. The first kappa shape index (κ1) is 16.4. The molecule has 126 valence electrons. The van der Waals surface area contributed by atoms with Crippen molar-refractivity contribution in [2.75, 3.05) is 24.5 Å². The first-order valence-electron chi connectivity index (χ1n) is 8.74. The Morgan fingerprint density at radius 3 is 2.38 bits per heavy atom. The van der Waals surface area contributed by atoms with E-state index in [1.54, 1.807) is 6.07 Å². The van der Waals surface area contributed by atoms with Gasteiger partial charge in [0.2, 0.25) is 0 Å². The van der Waals surface area contributed by atoms with Crippen LogP contribution in [0.5, 0.6) is 0 Å². The zero-order valence-corrected chi connectivity index (χ0v) is 13.9. The van der Waals surface area contributed by atoms with Crippen molar-refractivity contribution in [3.8, 4) is 0 Å². The quantitative estimate of drug-likeness (QED) is 0.919. The Balaban J connectivity index is 1.51. The Morgan fingerprint density at radius 2 is 1.71 bits per heavy atom. The van der Waals surface area contributed by atoms with Crippen molar-refractivity contribution >= 4 is 11.7 Å². The van der Waals surface area contributed by atoms with Crippen LogP contribution in [0.1, 0.15) is 41.7 Å².